The molecule has 10 nitrogen and oxygen atoms in total. The van der Waals surface area contributed by atoms with Crippen LogP contribution in [0.25, 0.3) is 0 Å². The first-order valence-corrected chi connectivity index (χ1v) is 15.9. The van der Waals surface area contributed by atoms with Crippen LogP contribution in [0.1, 0.15) is 33.2 Å². The Kier molecular flexibility index (Phi) is 8.16. The maximum Gasteiger partial charge on any atom is 0.269 e. The summed E-state index contributed by atoms with van der Waals surface area (Å²) in [4.78, 5) is 29.1. The molecule has 0 aromatic heterocycles. The molecule has 11 heteroatoms. The zero-order valence-electron chi connectivity index (χ0n) is 25.0. The van der Waals surface area contributed by atoms with E-state index in [0.717, 1.165) is 11.1 Å². The van der Waals surface area contributed by atoms with E-state index >= 15 is 0 Å². The third kappa shape index (κ3) is 6.00. The summed E-state index contributed by atoms with van der Waals surface area (Å²) < 4.78 is 34.8. The van der Waals surface area contributed by atoms with E-state index in [-0.39, 0.29) is 16.1 Å². The van der Waals surface area contributed by atoms with E-state index in [0.29, 0.717) is 34.9 Å². The van der Waals surface area contributed by atoms with Crippen molar-refractivity contribution in [3.05, 3.63) is 154 Å². The molecule has 1 N–H and O–H groups in total. The maximum absolute atomic E-state index is 14.5. The number of carbonyl (C=O) groups is 1. The molecule has 1 aliphatic rings. The maximum atomic E-state index is 14.5. The minimum Gasteiger partial charge on any atom is -0.497 e. The number of sulfonamides is 1. The molecular weight excluding hydrogens is 604 g/mol. The van der Waals surface area contributed by atoms with E-state index in [4.69, 9.17) is 4.74 Å². The average Bonchev–Trinajstić information content (AvgIpc) is 3.07. The van der Waals surface area contributed by atoms with Gasteiger partial charge >= 0.3 is 0 Å². The first-order chi connectivity index (χ1) is 22.1. The Bertz CT molecular complexity index is 2000. The molecule has 1 amide bonds. The van der Waals surface area contributed by atoms with Gasteiger partial charge in [0.25, 0.3) is 21.6 Å². The number of aryl methyl sites for hydroxylation is 1. The molecule has 0 radical (unpaired) electrons. The number of carbonyl (C=O) groups excluding carboxylic acids is 1. The Morgan fingerprint density at radius 1 is 0.870 bits per heavy atom. The van der Waals surface area contributed by atoms with Gasteiger partial charge in [0.1, 0.15) is 11.9 Å². The predicted octanol–water partition coefficient (Wildman–Crippen LogP) is 7.08. The Balaban J connectivity index is 1.50. The van der Waals surface area contributed by atoms with Crippen LogP contribution in [0.3, 0.4) is 0 Å². The minimum absolute atomic E-state index is 0.0676. The average molecular weight is 635 g/mol. The van der Waals surface area contributed by atoms with Crippen LogP contribution in [0, 0.1) is 17.0 Å². The van der Waals surface area contributed by atoms with Gasteiger partial charge in [-0.05, 0) is 84.8 Å². The summed E-state index contributed by atoms with van der Waals surface area (Å²) in [6, 6.07) is 34.3. The highest BCUT2D eigenvalue weighted by Gasteiger charge is 2.40. The van der Waals surface area contributed by atoms with Crippen molar-refractivity contribution in [3.63, 3.8) is 0 Å². The van der Waals surface area contributed by atoms with Crippen molar-refractivity contribution in [2.45, 2.75) is 24.5 Å². The minimum atomic E-state index is -4.08. The second kappa shape index (κ2) is 12.4. The lowest BCUT2D eigenvalue weighted by atomic mass is 9.98. The van der Waals surface area contributed by atoms with Gasteiger partial charge < -0.3 is 9.64 Å². The molecule has 5 aromatic rings. The van der Waals surface area contributed by atoms with Crippen LogP contribution in [0.15, 0.2) is 126 Å². The molecule has 6 rings (SSSR count). The highest BCUT2D eigenvalue weighted by molar-refractivity contribution is 7.92. The first kappa shape index (κ1) is 30.4. The summed E-state index contributed by atoms with van der Waals surface area (Å²) in [6.45, 7) is 2.31. The summed E-state index contributed by atoms with van der Waals surface area (Å²) in [5.74, 6) is 0.174. The topological polar surface area (TPSA) is 122 Å². The third-order valence-corrected chi connectivity index (χ3v) is 9.21. The molecule has 0 bridgehead atoms. The SMILES string of the molecule is COc1ccc(NS(=O)(=O)c2ccc3c(c2)C(=O)N(c2ccc(C)cc2)[C@@H](c2ccc([N+](=O)[O-])cc2)N3Cc2ccccc2)cc1. The standard InChI is InChI=1S/C35H30N4O6S/c1-24-8-14-28(15-9-24)38-34(26-10-16-29(17-11-26)39(41)42)37(23-25-6-4-3-5-7-25)33-21-20-31(22-32(33)35(38)40)46(43,44)36-27-12-18-30(45-2)19-13-27/h3-22,34,36H,23H2,1-2H3/t34-/m0/s1. The first-order valence-electron chi connectivity index (χ1n) is 14.4. The summed E-state index contributed by atoms with van der Waals surface area (Å²) in [7, 11) is -2.55. The van der Waals surface area contributed by atoms with Gasteiger partial charge in [-0.25, -0.2) is 8.42 Å². The zero-order chi connectivity index (χ0) is 32.4. The fourth-order valence-electron chi connectivity index (χ4n) is 5.50. The number of methoxy groups -OCH3 is 1. The molecule has 5 aromatic carbocycles. The van der Waals surface area contributed by atoms with Crippen molar-refractivity contribution in [2.75, 3.05) is 21.6 Å². The number of nitro groups is 1. The van der Waals surface area contributed by atoms with Gasteiger partial charge in [0.05, 0.1) is 28.2 Å². The number of non-ortho nitro benzene ring substituents is 1. The lowest BCUT2D eigenvalue weighted by molar-refractivity contribution is -0.384. The van der Waals surface area contributed by atoms with Crippen molar-refractivity contribution < 1.29 is 22.9 Å². The van der Waals surface area contributed by atoms with Crippen LogP contribution in [0.5, 0.6) is 5.75 Å². The summed E-state index contributed by atoms with van der Waals surface area (Å²) in [5.41, 5.74) is 4.20. The van der Waals surface area contributed by atoms with Crippen LogP contribution < -0.4 is 19.3 Å². The van der Waals surface area contributed by atoms with Crippen molar-refractivity contribution in [1.82, 2.24) is 0 Å². The van der Waals surface area contributed by atoms with Crippen LogP contribution in [0.4, 0.5) is 22.7 Å². The number of nitrogens with one attached hydrogen (secondary N) is 1. The van der Waals surface area contributed by atoms with Crippen LogP contribution >= 0.6 is 0 Å². The number of hydrogen-bond donors (Lipinski definition) is 1. The fraction of sp³-hybridized carbons (Fsp3) is 0.114. The summed E-state index contributed by atoms with van der Waals surface area (Å²) >= 11 is 0. The van der Waals surface area contributed by atoms with E-state index in [1.807, 2.05) is 66.4 Å². The van der Waals surface area contributed by atoms with E-state index in [2.05, 4.69) is 4.72 Å². The molecule has 0 saturated carbocycles. The van der Waals surface area contributed by atoms with E-state index in [1.54, 1.807) is 47.4 Å². The van der Waals surface area contributed by atoms with Gasteiger partial charge in [-0.1, -0.05) is 48.0 Å². The van der Waals surface area contributed by atoms with Gasteiger partial charge in [0.2, 0.25) is 0 Å². The number of ether oxygens (including phenoxy) is 1. The normalized spacial score (nSPS) is 14.5. The van der Waals surface area contributed by atoms with Gasteiger partial charge in [-0.2, -0.15) is 0 Å². The molecule has 0 saturated heterocycles. The largest absolute Gasteiger partial charge is 0.497 e. The van der Waals surface area contributed by atoms with E-state index in [1.165, 1.54) is 31.4 Å². The van der Waals surface area contributed by atoms with Crippen molar-refractivity contribution >= 4 is 38.7 Å². The second-order valence-electron chi connectivity index (χ2n) is 10.9. The summed E-state index contributed by atoms with van der Waals surface area (Å²) in [5, 5.41) is 11.5. The third-order valence-electron chi connectivity index (χ3n) is 7.83. The van der Waals surface area contributed by atoms with Crippen molar-refractivity contribution in [1.29, 1.82) is 0 Å². The molecular formula is C35H30N4O6S. The summed E-state index contributed by atoms with van der Waals surface area (Å²) in [6.07, 6.45) is -0.705. The van der Waals surface area contributed by atoms with Gasteiger partial charge in [0.15, 0.2) is 0 Å². The lowest BCUT2D eigenvalue weighted by Gasteiger charge is -2.46. The number of nitrogens with zero attached hydrogens (tertiary/aromatic N) is 3. The molecule has 1 aliphatic heterocycles. The molecule has 0 fully saturated rings. The van der Waals surface area contributed by atoms with Gasteiger partial charge in [-0.3, -0.25) is 24.5 Å². The quantitative estimate of drug-likeness (QED) is 0.136. The number of fused-ring (bicyclic) bond motifs is 1. The molecule has 46 heavy (non-hydrogen) atoms. The number of rotatable bonds is 9. The number of amides is 1. The van der Waals surface area contributed by atoms with Crippen LogP contribution in [-0.2, 0) is 16.6 Å². The molecule has 0 aliphatic carbocycles. The Hall–Kier alpha value is -5.68. The van der Waals surface area contributed by atoms with Gasteiger partial charge in [-0.15, -0.1) is 0 Å². The monoisotopic (exact) mass is 634 g/mol. The highest BCUT2D eigenvalue weighted by Crippen LogP contribution is 2.43. The lowest BCUT2D eigenvalue weighted by Crippen LogP contribution is -2.49. The van der Waals surface area contributed by atoms with Gasteiger partial charge in [0, 0.05) is 30.1 Å². The number of nitro benzene ring substituents is 1. The smallest absolute Gasteiger partial charge is 0.269 e. The van der Waals surface area contributed by atoms with E-state index < -0.39 is 27.0 Å². The Morgan fingerprint density at radius 3 is 2.17 bits per heavy atom. The van der Waals surface area contributed by atoms with Crippen molar-refractivity contribution in [3.8, 4) is 5.75 Å². The van der Waals surface area contributed by atoms with E-state index in [9.17, 15) is 23.3 Å². The highest BCUT2D eigenvalue weighted by atomic mass is 32.2. The second-order valence-corrected chi connectivity index (χ2v) is 12.5. The van der Waals surface area contributed by atoms with Crippen molar-refractivity contribution in [2.24, 2.45) is 0 Å². The fourth-order valence-corrected chi connectivity index (χ4v) is 6.59. The molecule has 0 unspecified atom stereocenters. The van der Waals surface area contributed by atoms with Crippen LogP contribution in [0.2, 0.25) is 0 Å². The predicted molar refractivity (Wildman–Crippen MR) is 177 cm³/mol. The molecule has 0 spiro atoms. The Labute approximate surface area is 266 Å². The molecule has 232 valence electrons. The molecule has 1 heterocycles. The van der Waals surface area contributed by atoms with Crippen LogP contribution in [-0.4, -0.2) is 26.4 Å². The Morgan fingerprint density at radius 2 is 1.54 bits per heavy atom. The molecule has 1 atom stereocenters. The number of hydrogen-bond acceptors (Lipinski definition) is 7. The number of anilines is 3. The zero-order valence-corrected chi connectivity index (χ0v) is 25.8. The number of benzene rings is 5.